The summed E-state index contributed by atoms with van der Waals surface area (Å²) in [5, 5.41) is 7.95. The summed E-state index contributed by atoms with van der Waals surface area (Å²) in [5.74, 6) is 0.376. The van der Waals surface area contributed by atoms with Gasteiger partial charge >= 0.3 is 5.97 Å². The molecule has 0 amide bonds. The largest absolute Gasteiger partial charge is 0.466 e. The summed E-state index contributed by atoms with van der Waals surface area (Å²) in [5.41, 5.74) is 5.83. The van der Waals surface area contributed by atoms with Crippen molar-refractivity contribution in [1.29, 1.82) is 0 Å². The molecule has 0 radical (unpaired) electrons. The first kappa shape index (κ1) is 24.7. The number of likely N-dealkylation sites (tertiary alicyclic amines) is 1. The summed E-state index contributed by atoms with van der Waals surface area (Å²) < 4.78 is 6.02. The van der Waals surface area contributed by atoms with E-state index in [4.69, 9.17) is 9.57 Å². The number of halogens is 1. The predicted octanol–water partition coefficient (Wildman–Crippen LogP) is 4.80. The minimum Gasteiger partial charge on any atom is -0.466 e. The second kappa shape index (κ2) is 11.0. The van der Waals surface area contributed by atoms with Gasteiger partial charge in [-0.2, -0.15) is 0 Å². The van der Waals surface area contributed by atoms with Crippen molar-refractivity contribution in [3.05, 3.63) is 69.3 Å². The molecule has 3 aliphatic rings. The molecule has 0 bridgehead atoms. The van der Waals surface area contributed by atoms with Crippen LogP contribution in [0.15, 0.2) is 57.8 Å². The number of para-hydroxylation sites is 1. The third-order valence-corrected chi connectivity index (χ3v) is 7.52. The lowest BCUT2D eigenvalue weighted by atomic mass is 9.94. The molecule has 1 N–H and O–H groups in total. The zero-order chi connectivity index (χ0) is 25.1. The predicted molar refractivity (Wildman–Crippen MR) is 143 cm³/mol. The molecule has 2 aromatic rings. The summed E-state index contributed by atoms with van der Waals surface area (Å²) in [6.45, 7) is 5.36. The molecule has 0 unspecified atom stereocenters. The Balaban J connectivity index is 1.27. The second-order valence-electron chi connectivity index (χ2n) is 9.39. The van der Waals surface area contributed by atoms with E-state index in [0.717, 1.165) is 59.3 Å². The zero-order valence-electron chi connectivity index (χ0n) is 20.4. The van der Waals surface area contributed by atoms with Crippen LogP contribution in [0.5, 0.6) is 0 Å². The van der Waals surface area contributed by atoms with Crippen LogP contribution in [0.1, 0.15) is 42.9 Å². The molecule has 5 rings (SSSR count). The smallest absolute Gasteiger partial charge is 0.306 e. The van der Waals surface area contributed by atoms with Crippen LogP contribution in [0.4, 0.5) is 5.69 Å². The number of nitrogens with zero attached hydrogens (tertiary/aromatic N) is 2. The fraction of sp³-hybridized carbons (Fsp3) is 0.393. The van der Waals surface area contributed by atoms with Gasteiger partial charge in [-0.05, 0) is 68.1 Å². The highest BCUT2D eigenvalue weighted by Crippen LogP contribution is 2.39. The van der Waals surface area contributed by atoms with Gasteiger partial charge in [-0.15, -0.1) is 0 Å². The lowest BCUT2D eigenvalue weighted by molar-refractivity contribution is -0.144. The zero-order valence-corrected chi connectivity index (χ0v) is 22.0. The number of fused-ring (bicyclic) bond motifs is 2. The van der Waals surface area contributed by atoms with E-state index >= 15 is 0 Å². The van der Waals surface area contributed by atoms with E-state index in [-0.39, 0.29) is 11.8 Å². The van der Waals surface area contributed by atoms with Crippen LogP contribution in [0.25, 0.3) is 5.57 Å². The molecule has 0 atom stereocenters. The van der Waals surface area contributed by atoms with Crippen LogP contribution < -0.4 is 5.32 Å². The number of rotatable bonds is 7. The first-order valence-corrected chi connectivity index (χ1v) is 13.3. The fourth-order valence-corrected chi connectivity index (χ4v) is 5.54. The second-order valence-corrected chi connectivity index (χ2v) is 10.3. The Morgan fingerprint density at radius 3 is 2.78 bits per heavy atom. The van der Waals surface area contributed by atoms with Crippen molar-refractivity contribution in [1.82, 2.24) is 4.90 Å². The van der Waals surface area contributed by atoms with Gasteiger partial charge in [-0.25, -0.2) is 0 Å². The monoisotopic (exact) mass is 551 g/mol. The van der Waals surface area contributed by atoms with Crippen LogP contribution in [0.2, 0.25) is 0 Å². The molecule has 0 aromatic heterocycles. The van der Waals surface area contributed by atoms with E-state index in [0.29, 0.717) is 49.0 Å². The minimum atomic E-state index is -0.0961. The molecular weight excluding hydrogens is 522 g/mol. The van der Waals surface area contributed by atoms with Crippen molar-refractivity contribution in [3.8, 4) is 0 Å². The maximum Gasteiger partial charge on any atom is 0.306 e. The fourth-order valence-electron chi connectivity index (χ4n) is 5.17. The van der Waals surface area contributed by atoms with Gasteiger partial charge in [0.15, 0.2) is 5.78 Å². The molecule has 1 saturated heterocycles. The number of benzene rings is 2. The normalized spacial score (nSPS) is 20.8. The maximum absolute atomic E-state index is 13.0. The third kappa shape index (κ3) is 5.25. The number of carbonyl (C=O) groups is 2. The Morgan fingerprint density at radius 1 is 1.17 bits per heavy atom. The number of ether oxygens (including phenoxy) is 1. The van der Waals surface area contributed by atoms with Crippen molar-refractivity contribution < 1.29 is 19.2 Å². The van der Waals surface area contributed by atoms with E-state index in [9.17, 15) is 9.59 Å². The Hall–Kier alpha value is -2.97. The minimum absolute atomic E-state index is 0.0804. The number of anilines is 1. The van der Waals surface area contributed by atoms with E-state index in [1.54, 1.807) is 0 Å². The molecular formula is C28H30BrN3O4. The summed E-state index contributed by atoms with van der Waals surface area (Å²) in [6.07, 6.45) is 2.86. The lowest BCUT2D eigenvalue weighted by Gasteiger charge is -2.31. The Bertz CT molecular complexity index is 1230. The number of allylic oxidation sites excluding steroid dienone is 2. The number of hydrogen-bond acceptors (Lipinski definition) is 7. The van der Waals surface area contributed by atoms with E-state index < -0.39 is 0 Å². The van der Waals surface area contributed by atoms with E-state index in [2.05, 4.69) is 31.3 Å². The molecule has 188 valence electrons. The summed E-state index contributed by atoms with van der Waals surface area (Å²) >= 11 is 3.54. The number of hydrogen-bond donors (Lipinski definition) is 1. The van der Waals surface area contributed by atoms with Crippen LogP contribution in [0.3, 0.4) is 0 Å². The van der Waals surface area contributed by atoms with Crippen LogP contribution in [0, 0.1) is 5.92 Å². The number of esters is 1. The van der Waals surface area contributed by atoms with Crippen molar-refractivity contribution in [3.63, 3.8) is 0 Å². The highest BCUT2D eigenvalue weighted by Gasteiger charge is 2.34. The van der Waals surface area contributed by atoms with Gasteiger partial charge in [0, 0.05) is 35.1 Å². The number of Topliss-reactive ketones (excluding diaryl/α,β-unsaturated/α-hetero) is 1. The van der Waals surface area contributed by atoms with Gasteiger partial charge in [0.25, 0.3) is 0 Å². The van der Waals surface area contributed by atoms with Gasteiger partial charge in [0.05, 0.1) is 17.9 Å². The highest BCUT2D eigenvalue weighted by molar-refractivity contribution is 9.10. The molecule has 2 aromatic carbocycles. The van der Waals surface area contributed by atoms with Crippen molar-refractivity contribution >= 4 is 44.7 Å². The standard InChI is InChI=1S/C28H30BrN3O4/c1-2-35-25(34)15-18-9-11-32(12-10-18)13-14-36-31-27-21-5-3-4-6-23(21)30-28(27)26-22-17-20(29)8-7-19(22)16-24(26)33/h3-8,17-18,30H,2,9-16H2,1H3/b28-26-,31-27+. The lowest BCUT2D eigenvalue weighted by Crippen LogP contribution is -2.36. The number of carbonyl (C=O) groups excluding carboxylic acids is 2. The van der Waals surface area contributed by atoms with Crippen LogP contribution in [-0.2, 0) is 25.6 Å². The van der Waals surface area contributed by atoms with E-state index in [1.165, 1.54) is 0 Å². The SMILES string of the molecule is CCOC(=O)CC1CCN(CCO/N=C2/C(=C3/C(=O)Cc4ccc(Br)cc43)Nc3ccccc32)CC1. The van der Waals surface area contributed by atoms with Gasteiger partial charge in [-0.3, -0.25) is 14.5 Å². The number of ketones is 1. The molecule has 0 spiro atoms. The molecule has 2 heterocycles. The van der Waals surface area contributed by atoms with Gasteiger partial charge < -0.3 is 14.9 Å². The molecule has 2 aliphatic heterocycles. The summed E-state index contributed by atoms with van der Waals surface area (Å²) in [7, 11) is 0. The third-order valence-electron chi connectivity index (χ3n) is 7.02. The molecule has 1 fully saturated rings. The molecule has 0 saturated carbocycles. The van der Waals surface area contributed by atoms with Crippen molar-refractivity contribution in [2.75, 3.05) is 38.2 Å². The average Bonchev–Trinajstić information content (AvgIpc) is 3.38. The van der Waals surface area contributed by atoms with Crippen molar-refractivity contribution in [2.24, 2.45) is 11.1 Å². The Morgan fingerprint density at radius 2 is 1.97 bits per heavy atom. The topological polar surface area (TPSA) is 80.2 Å². The first-order chi connectivity index (χ1) is 17.5. The molecule has 8 heteroatoms. The highest BCUT2D eigenvalue weighted by atomic mass is 79.9. The Kier molecular flexibility index (Phi) is 7.53. The first-order valence-electron chi connectivity index (χ1n) is 12.5. The Labute approximate surface area is 219 Å². The van der Waals surface area contributed by atoms with Gasteiger partial charge in [-0.1, -0.05) is 45.4 Å². The molecule has 36 heavy (non-hydrogen) atoms. The average molecular weight is 552 g/mol. The number of nitrogens with one attached hydrogen (secondary N) is 1. The quantitative estimate of drug-likeness (QED) is 0.230. The van der Waals surface area contributed by atoms with Crippen LogP contribution in [-0.4, -0.2) is 55.2 Å². The molecule has 7 nitrogen and oxygen atoms in total. The van der Waals surface area contributed by atoms with E-state index in [1.807, 2.05) is 49.4 Å². The summed E-state index contributed by atoms with van der Waals surface area (Å²) in [6, 6.07) is 13.9. The maximum atomic E-state index is 13.0. The number of oxime groups is 1. The van der Waals surface area contributed by atoms with Gasteiger partial charge in [0.2, 0.25) is 0 Å². The van der Waals surface area contributed by atoms with Gasteiger partial charge in [0.1, 0.15) is 12.3 Å². The van der Waals surface area contributed by atoms with Crippen molar-refractivity contribution in [2.45, 2.75) is 32.6 Å². The molecule has 1 aliphatic carbocycles. The number of piperidine rings is 1. The van der Waals surface area contributed by atoms with Crippen LogP contribution >= 0.6 is 15.9 Å². The summed E-state index contributed by atoms with van der Waals surface area (Å²) in [4.78, 5) is 32.9.